The van der Waals surface area contributed by atoms with E-state index in [9.17, 15) is 4.79 Å². The number of carbonyl (C=O) groups excluding carboxylic acids is 1. The van der Waals surface area contributed by atoms with Crippen LogP contribution in [0, 0.1) is 13.8 Å². The van der Waals surface area contributed by atoms with E-state index in [0.29, 0.717) is 0 Å². The maximum Gasteiger partial charge on any atom is 0.285 e. The molecule has 0 unspecified atom stereocenters. The third-order valence-corrected chi connectivity index (χ3v) is 3.83. The Hall–Kier alpha value is -0.480. The molecule has 0 aliphatic rings. The average molecular weight is 288 g/mol. The number of carbonyl (C=O) groups is 1. The molecule has 15 heavy (non-hydrogen) atoms. The van der Waals surface area contributed by atoms with E-state index in [1.54, 1.807) is 19.0 Å². The Morgan fingerprint density at radius 3 is 2.13 bits per heavy atom. The highest BCUT2D eigenvalue weighted by atomic mass is 79.9. The van der Waals surface area contributed by atoms with E-state index in [4.69, 9.17) is 0 Å². The molecule has 4 heteroatoms. The van der Waals surface area contributed by atoms with Crippen molar-refractivity contribution in [3.8, 4) is 0 Å². The third kappa shape index (κ3) is 3.24. The van der Waals surface area contributed by atoms with E-state index >= 15 is 0 Å². The quantitative estimate of drug-likeness (QED) is 0.732. The Bertz CT molecular complexity index is 367. The summed E-state index contributed by atoms with van der Waals surface area (Å²) in [6, 6.07) is 4.05. The van der Waals surface area contributed by atoms with Gasteiger partial charge in [0, 0.05) is 23.5 Å². The Balaban J connectivity index is 3.00. The van der Waals surface area contributed by atoms with Crippen molar-refractivity contribution in [2.75, 3.05) is 14.1 Å². The summed E-state index contributed by atoms with van der Waals surface area (Å²) in [6.07, 6.45) is 0. The van der Waals surface area contributed by atoms with Crippen molar-refractivity contribution in [1.82, 2.24) is 4.90 Å². The minimum atomic E-state index is 0.0588. The van der Waals surface area contributed by atoms with Crippen LogP contribution in [0.3, 0.4) is 0 Å². The van der Waals surface area contributed by atoms with Crippen molar-refractivity contribution < 1.29 is 4.79 Å². The second-order valence-electron chi connectivity index (χ2n) is 3.63. The molecular weight excluding hydrogens is 274 g/mol. The van der Waals surface area contributed by atoms with Crippen molar-refractivity contribution in [3.63, 3.8) is 0 Å². The molecule has 0 radical (unpaired) electrons. The SMILES string of the molecule is Cc1cc(Br)cc(C)c1SC(=O)N(C)C. The van der Waals surface area contributed by atoms with E-state index in [-0.39, 0.29) is 5.24 Å². The Morgan fingerprint density at radius 2 is 1.73 bits per heavy atom. The van der Waals surface area contributed by atoms with Crippen LogP contribution in [0.4, 0.5) is 4.79 Å². The third-order valence-electron chi connectivity index (χ3n) is 1.98. The summed E-state index contributed by atoms with van der Waals surface area (Å²) < 4.78 is 1.05. The largest absolute Gasteiger partial charge is 0.339 e. The molecule has 0 saturated carbocycles. The van der Waals surface area contributed by atoms with E-state index in [2.05, 4.69) is 15.9 Å². The monoisotopic (exact) mass is 287 g/mol. The minimum Gasteiger partial charge on any atom is -0.339 e. The number of rotatable bonds is 1. The lowest BCUT2D eigenvalue weighted by Crippen LogP contribution is -2.16. The predicted molar refractivity (Wildman–Crippen MR) is 68.6 cm³/mol. The lowest BCUT2D eigenvalue weighted by molar-refractivity contribution is 0.241. The lowest BCUT2D eigenvalue weighted by atomic mass is 10.2. The summed E-state index contributed by atoms with van der Waals surface area (Å²) in [5.74, 6) is 0. The Labute approximate surface area is 103 Å². The fraction of sp³-hybridized carbons (Fsp3) is 0.364. The first kappa shape index (κ1) is 12.6. The number of hydrogen-bond acceptors (Lipinski definition) is 2. The zero-order valence-electron chi connectivity index (χ0n) is 9.30. The van der Waals surface area contributed by atoms with Crippen molar-refractivity contribution in [2.24, 2.45) is 0 Å². The smallest absolute Gasteiger partial charge is 0.285 e. The molecule has 0 saturated heterocycles. The first-order valence-electron chi connectivity index (χ1n) is 4.57. The molecule has 0 spiro atoms. The van der Waals surface area contributed by atoms with Gasteiger partial charge in [-0.25, -0.2) is 0 Å². The zero-order chi connectivity index (χ0) is 11.6. The molecule has 1 rings (SSSR count). The van der Waals surface area contributed by atoms with Gasteiger partial charge in [0.25, 0.3) is 5.24 Å². The molecule has 0 atom stereocenters. The van der Waals surface area contributed by atoms with Gasteiger partial charge in [0.05, 0.1) is 0 Å². The van der Waals surface area contributed by atoms with Gasteiger partial charge in [0.15, 0.2) is 0 Å². The summed E-state index contributed by atoms with van der Waals surface area (Å²) in [5, 5.41) is 0.0588. The highest BCUT2D eigenvalue weighted by Gasteiger charge is 2.11. The number of thioether (sulfide) groups is 1. The second kappa shape index (κ2) is 5.03. The van der Waals surface area contributed by atoms with Crippen molar-refractivity contribution in [2.45, 2.75) is 18.7 Å². The molecular formula is C11H14BrNOS. The van der Waals surface area contributed by atoms with Crippen LogP contribution in [0.1, 0.15) is 11.1 Å². The number of amides is 1. The van der Waals surface area contributed by atoms with Gasteiger partial charge in [0.2, 0.25) is 0 Å². The van der Waals surface area contributed by atoms with Gasteiger partial charge in [-0.3, -0.25) is 4.79 Å². The molecule has 1 aromatic rings. The predicted octanol–water partition coefficient (Wildman–Crippen LogP) is 3.84. The van der Waals surface area contributed by atoms with Crippen molar-refractivity contribution >= 4 is 32.9 Å². The topological polar surface area (TPSA) is 20.3 Å². The van der Waals surface area contributed by atoms with Crippen LogP contribution in [0.2, 0.25) is 0 Å². The van der Waals surface area contributed by atoms with Crippen LogP contribution >= 0.6 is 27.7 Å². The minimum absolute atomic E-state index is 0.0588. The highest BCUT2D eigenvalue weighted by Crippen LogP contribution is 2.30. The fourth-order valence-corrected chi connectivity index (χ4v) is 2.72. The van der Waals surface area contributed by atoms with E-state index in [1.165, 1.54) is 11.8 Å². The van der Waals surface area contributed by atoms with Gasteiger partial charge >= 0.3 is 0 Å². The molecule has 2 nitrogen and oxygen atoms in total. The highest BCUT2D eigenvalue weighted by molar-refractivity contribution is 9.10. The van der Waals surface area contributed by atoms with Crippen LogP contribution in [0.25, 0.3) is 0 Å². The molecule has 1 amide bonds. The van der Waals surface area contributed by atoms with E-state index in [1.807, 2.05) is 26.0 Å². The van der Waals surface area contributed by atoms with Crippen LogP contribution in [0.5, 0.6) is 0 Å². The first-order valence-corrected chi connectivity index (χ1v) is 6.18. The normalized spacial score (nSPS) is 10.2. The molecule has 82 valence electrons. The molecule has 0 fully saturated rings. The van der Waals surface area contributed by atoms with Gasteiger partial charge in [-0.2, -0.15) is 0 Å². The zero-order valence-corrected chi connectivity index (χ0v) is 11.7. The molecule has 0 aliphatic carbocycles. The van der Waals surface area contributed by atoms with Gasteiger partial charge in [0.1, 0.15) is 0 Å². The van der Waals surface area contributed by atoms with Crippen LogP contribution in [-0.2, 0) is 0 Å². The lowest BCUT2D eigenvalue weighted by Gasteiger charge is -2.13. The Kier molecular flexibility index (Phi) is 4.22. The van der Waals surface area contributed by atoms with Crippen molar-refractivity contribution in [3.05, 3.63) is 27.7 Å². The number of benzene rings is 1. The number of halogens is 1. The Morgan fingerprint density at radius 1 is 1.27 bits per heavy atom. The van der Waals surface area contributed by atoms with Crippen LogP contribution < -0.4 is 0 Å². The second-order valence-corrected chi connectivity index (χ2v) is 5.51. The summed E-state index contributed by atoms with van der Waals surface area (Å²) in [6.45, 7) is 4.03. The van der Waals surface area contributed by atoms with Crippen molar-refractivity contribution in [1.29, 1.82) is 0 Å². The van der Waals surface area contributed by atoms with Gasteiger partial charge in [-0.1, -0.05) is 15.9 Å². The number of nitrogens with zero attached hydrogens (tertiary/aromatic N) is 1. The maximum absolute atomic E-state index is 11.6. The van der Waals surface area contributed by atoms with Gasteiger partial charge in [-0.15, -0.1) is 0 Å². The fourth-order valence-electron chi connectivity index (χ4n) is 1.24. The summed E-state index contributed by atoms with van der Waals surface area (Å²) in [7, 11) is 3.53. The van der Waals surface area contributed by atoms with Gasteiger partial charge < -0.3 is 4.90 Å². The summed E-state index contributed by atoms with van der Waals surface area (Å²) in [4.78, 5) is 14.2. The first-order chi connectivity index (χ1) is 6.91. The van der Waals surface area contributed by atoms with E-state index in [0.717, 1.165) is 20.5 Å². The average Bonchev–Trinajstić information content (AvgIpc) is 2.10. The van der Waals surface area contributed by atoms with E-state index < -0.39 is 0 Å². The molecule has 1 aromatic carbocycles. The molecule has 0 heterocycles. The molecule has 0 bridgehead atoms. The summed E-state index contributed by atoms with van der Waals surface area (Å²) >= 11 is 4.72. The molecule has 0 aliphatic heterocycles. The maximum atomic E-state index is 11.6. The number of aryl methyl sites for hydroxylation is 2. The van der Waals surface area contributed by atoms with Gasteiger partial charge in [-0.05, 0) is 48.9 Å². The molecule has 0 aromatic heterocycles. The molecule has 0 N–H and O–H groups in total. The standard InChI is InChI=1S/C11H14BrNOS/c1-7-5-9(12)6-8(2)10(7)15-11(14)13(3)4/h5-6H,1-4H3. The van der Waals surface area contributed by atoms with Crippen LogP contribution in [0.15, 0.2) is 21.5 Å². The van der Waals surface area contributed by atoms with Crippen LogP contribution in [-0.4, -0.2) is 24.2 Å². The number of hydrogen-bond donors (Lipinski definition) is 0. The summed E-state index contributed by atoms with van der Waals surface area (Å²) in [5.41, 5.74) is 2.25.